The fourth-order valence-electron chi connectivity index (χ4n) is 2.36. The largest absolute Gasteiger partial charge is 0.386 e. The molecule has 0 atom stereocenters. The van der Waals surface area contributed by atoms with Gasteiger partial charge in [0, 0.05) is 7.05 Å². The zero-order valence-electron chi connectivity index (χ0n) is 12.9. The van der Waals surface area contributed by atoms with Crippen LogP contribution in [0, 0.1) is 11.6 Å². The first-order chi connectivity index (χ1) is 10.8. The smallest absolute Gasteiger partial charge is 0.224 e. The predicted octanol–water partition coefficient (Wildman–Crippen LogP) is 2.94. The van der Waals surface area contributed by atoms with Gasteiger partial charge in [-0.05, 0) is 43.7 Å². The molecule has 5 nitrogen and oxygen atoms in total. The number of nitrogens with zero attached hydrogens (tertiary/aromatic N) is 3. The molecule has 0 radical (unpaired) electrons. The molecule has 0 aliphatic carbocycles. The van der Waals surface area contributed by atoms with Crippen molar-refractivity contribution in [3.63, 3.8) is 0 Å². The van der Waals surface area contributed by atoms with Crippen LogP contribution >= 0.6 is 0 Å². The Morgan fingerprint density at radius 1 is 1.17 bits per heavy atom. The Labute approximate surface area is 131 Å². The molecule has 0 amide bonds. The normalized spacial score (nSPS) is 11.9. The molecule has 23 heavy (non-hydrogen) atoms. The topological polar surface area (TPSA) is 62.5 Å². The zero-order chi connectivity index (χ0) is 16.8. The van der Waals surface area contributed by atoms with Crippen LogP contribution in [-0.4, -0.2) is 26.8 Å². The highest BCUT2D eigenvalue weighted by Crippen LogP contribution is 2.30. The quantitative estimate of drug-likeness (QED) is 0.779. The van der Waals surface area contributed by atoms with Gasteiger partial charge in [-0.2, -0.15) is 9.61 Å². The second kappa shape index (κ2) is 5.27. The van der Waals surface area contributed by atoms with Crippen LogP contribution in [0.25, 0.3) is 16.8 Å². The molecule has 2 heterocycles. The maximum atomic E-state index is 14.4. The van der Waals surface area contributed by atoms with E-state index in [0.29, 0.717) is 11.5 Å². The van der Waals surface area contributed by atoms with E-state index < -0.39 is 17.2 Å². The molecule has 0 aliphatic rings. The molecule has 0 bridgehead atoms. The van der Waals surface area contributed by atoms with Gasteiger partial charge in [-0.15, -0.1) is 0 Å². The molecule has 0 aliphatic heterocycles. The van der Waals surface area contributed by atoms with Crippen molar-refractivity contribution in [3.05, 3.63) is 47.7 Å². The van der Waals surface area contributed by atoms with E-state index in [9.17, 15) is 13.9 Å². The lowest BCUT2D eigenvalue weighted by Crippen LogP contribution is -2.16. The molecule has 1 aromatic carbocycles. The standard InChI is InChI=1S/C16H16F2N4O/c1-16(2,23)9-6-11(17)14(12(18)7-9)13-5-4-10-8-20-15(19-3)22(10)21-13/h4-8,23H,1-3H3,(H,19,20). The zero-order valence-corrected chi connectivity index (χ0v) is 12.9. The van der Waals surface area contributed by atoms with Crippen LogP contribution in [0.4, 0.5) is 14.7 Å². The van der Waals surface area contributed by atoms with E-state index in [1.165, 1.54) is 24.4 Å². The Balaban J connectivity index is 2.18. The highest BCUT2D eigenvalue weighted by Gasteiger charge is 2.22. The molecule has 120 valence electrons. The molecule has 3 aromatic rings. The van der Waals surface area contributed by atoms with Gasteiger partial charge in [-0.3, -0.25) is 0 Å². The summed E-state index contributed by atoms with van der Waals surface area (Å²) in [6, 6.07) is 5.45. The summed E-state index contributed by atoms with van der Waals surface area (Å²) < 4.78 is 30.3. The molecule has 0 spiro atoms. The van der Waals surface area contributed by atoms with E-state index in [0.717, 1.165) is 12.1 Å². The summed E-state index contributed by atoms with van der Waals surface area (Å²) in [5.74, 6) is -1.09. The van der Waals surface area contributed by atoms with Gasteiger partial charge in [0.15, 0.2) is 0 Å². The summed E-state index contributed by atoms with van der Waals surface area (Å²) in [5.41, 5.74) is -0.566. The number of imidazole rings is 1. The van der Waals surface area contributed by atoms with Crippen LogP contribution < -0.4 is 5.32 Å². The number of hydrogen-bond donors (Lipinski definition) is 2. The number of halogens is 2. The fourth-order valence-corrected chi connectivity index (χ4v) is 2.36. The van der Waals surface area contributed by atoms with Gasteiger partial charge in [-0.25, -0.2) is 13.8 Å². The van der Waals surface area contributed by atoms with E-state index in [2.05, 4.69) is 15.4 Å². The third-order valence-corrected chi connectivity index (χ3v) is 3.61. The first kappa shape index (κ1) is 15.4. The van der Waals surface area contributed by atoms with Crippen molar-refractivity contribution in [2.75, 3.05) is 12.4 Å². The van der Waals surface area contributed by atoms with E-state index in [1.807, 2.05) is 0 Å². The second-order valence-electron chi connectivity index (χ2n) is 5.76. The van der Waals surface area contributed by atoms with Crippen LogP contribution in [0.2, 0.25) is 0 Å². The molecule has 2 aromatic heterocycles. The molecule has 0 unspecified atom stereocenters. The van der Waals surface area contributed by atoms with Crippen molar-refractivity contribution in [2.24, 2.45) is 0 Å². The monoisotopic (exact) mass is 318 g/mol. The van der Waals surface area contributed by atoms with Gasteiger partial charge in [0.1, 0.15) is 11.6 Å². The minimum Gasteiger partial charge on any atom is -0.386 e. The van der Waals surface area contributed by atoms with Gasteiger partial charge in [0.05, 0.1) is 28.6 Å². The highest BCUT2D eigenvalue weighted by atomic mass is 19.1. The van der Waals surface area contributed by atoms with Crippen LogP contribution in [-0.2, 0) is 5.60 Å². The van der Waals surface area contributed by atoms with Crippen molar-refractivity contribution < 1.29 is 13.9 Å². The number of nitrogens with one attached hydrogen (secondary N) is 1. The molecule has 0 saturated heterocycles. The van der Waals surface area contributed by atoms with Gasteiger partial charge >= 0.3 is 0 Å². The number of aromatic nitrogens is 3. The number of rotatable bonds is 3. The third kappa shape index (κ3) is 2.63. The van der Waals surface area contributed by atoms with Crippen LogP contribution in [0.3, 0.4) is 0 Å². The van der Waals surface area contributed by atoms with Crippen molar-refractivity contribution in [1.29, 1.82) is 0 Å². The number of aliphatic hydroxyl groups is 1. The predicted molar refractivity (Wildman–Crippen MR) is 83.1 cm³/mol. The SMILES string of the molecule is CNc1ncc2ccc(-c3c(F)cc(C(C)(C)O)cc3F)nn12. The maximum absolute atomic E-state index is 14.4. The Morgan fingerprint density at radius 2 is 1.83 bits per heavy atom. The summed E-state index contributed by atoms with van der Waals surface area (Å²) in [5, 5.41) is 17.0. The summed E-state index contributed by atoms with van der Waals surface area (Å²) >= 11 is 0. The molecular formula is C16H16F2N4O. The molecular weight excluding hydrogens is 302 g/mol. The van der Waals surface area contributed by atoms with Crippen molar-refractivity contribution >= 4 is 11.5 Å². The number of hydrogen-bond acceptors (Lipinski definition) is 4. The van der Waals surface area contributed by atoms with Gasteiger partial charge < -0.3 is 10.4 Å². The van der Waals surface area contributed by atoms with Crippen LogP contribution in [0.1, 0.15) is 19.4 Å². The molecule has 0 fully saturated rings. The highest BCUT2D eigenvalue weighted by molar-refractivity contribution is 5.64. The van der Waals surface area contributed by atoms with Gasteiger partial charge in [0.2, 0.25) is 5.95 Å². The lowest BCUT2D eigenvalue weighted by atomic mass is 9.96. The fraction of sp³-hybridized carbons (Fsp3) is 0.250. The molecule has 2 N–H and O–H groups in total. The molecule has 3 rings (SSSR count). The number of fused-ring (bicyclic) bond motifs is 1. The Morgan fingerprint density at radius 3 is 2.39 bits per heavy atom. The molecule has 7 heteroatoms. The average molecular weight is 318 g/mol. The first-order valence-electron chi connectivity index (χ1n) is 7.06. The lowest BCUT2D eigenvalue weighted by Gasteiger charge is -2.19. The third-order valence-electron chi connectivity index (χ3n) is 3.61. The minimum absolute atomic E-state index is 0.143. The Hall–Kier alpha value is -2.54. The summed E-state index contributed by atoms with van der Waals surface area (Å²) in [4.78, 5) is 4.11. The average Bonchev–Trinajstić information content (AvgIpc) is 2.88. The van der Waals surface area contributed by atoms with E-state index >= 15 is 0 Å². The summed E-state index contributed by atoms with van der Waals surface area (Å²) in [7, 11) is 1.68. The van der Waals surface area contributed by atoms with Crippen molar-refractivity contribution in [3.8, 4) is 11.3 Å². The molecule has 0 saturated carbocycles. The van der Waals surface area contributed by atoms with Crippen LogP contribution in [0.5, 0.6) is 0 Å². The maximum Gasteiger partial charge on any atom is 0.224 e. The van der Waals surface area contributed by atoms with E-state index in [-0.39, 0.29) is 16.8 Å². The number of anilines is 1. The van der Waals surface area contributed by atoms with Crippen molar-refractivity contribution in [1.82, 2.24) is 14.6 Å². The van der Waals surface area contributed by atoms with E-state index in [4.69, 9.17) is 0 Å². The Bertz CT molecular complexity index is 860. The lowest BCUT2D eigenvalue weighted by molar-refractivity contribution is 0.0779. The van der Waals surface area contributed by atoms with Crippen LogP contribution in [0.15, 0.2) is 30.5 Å². The van der Waals surface area contributed by atoms with E-state index in [1.54, 1.807) is 19.3 Å². The summed E-state index contributed by atoms with van der Waals surface area (Å²) in [6.45, 7) is 2.94. The van der Waals surface area contributed by atoms with Gasteiger partial charge in [-0.1, -0.05) is 0 Å². The summed E-state index contributed by atoms with van der Waals surface area (Å²) in [6.07, 6.45) is 1.60. The first-order valence-corrected chi connectivity index (χ1v) is 7.06. The van der Waals surface area contributed by atoms with Crippen molar-refractivity contribution in [2.45, 2.75) is 19.4 Å². The number of benzene rings is 1. The minimum atomic E-state index is -1.33. The Kier molecular flexibility index (Phi) is 3.52. The van der Waals surface area contributed by atoms with Gasteiger partial charge in [0.25, 0.3) is 0 Å². The second-order valence-corrected chi connectivity index (χ2v) is 5.76.